The van der Waals surface area contributed by atoms with Gasteiger partial charge in [0.25, 0.3) is 0 Å². The van der Waals surface area contributed by atoms with Crippen molar-refractivity contribution in [3.8, 4) is 17.5 Å². The number of carboxylic acid groups (broad SMARTS) is 1. The van der Waals surface area contributed by atoms with E-state index in [1.54, 1.807) is 18.2 Å². The SMILES string of the molecule is CSC(=Nc1ccc(-c2cc(C(=O)O)c3cc(C)ccc3n2)cc1)NC#N. The van der Waals surface area contributed by atoms with Crippen molar-refractivity contribution < 1.29 is 9.90 Å². The van der Waals surface area contributed by atoms with E-state index in [0.717, 1.165) is 11.1 Å². The minimum atomic E-state index is -0.984. The van der Waals surface area contributed by atoms with Crippen LogP contribution in [0.4, 0.5) is 5.69 Å². The highest BCUT2D eigenvalue weighted by Gasteiger charge is 2.13. The van der Waals surface area contributed by atoms with E-state index >= 15 is 0 Å². The van der Waals surface area contributed by atoms with Crippen LogP contribution in [0.15, 0.2) is 53.5 Å². The number of aromatic nitrogens is 1. The molecule has 6 nitrogen and oxygen atoms in total. The van der Waals surface area contributed by atoms with Crippen molar-refractivity contribution in [2.45, 2.75) is 6.92 Å². The van der Waals surface area contributed by atoms with Gasteiger partial charge in [0.15, 0.2) is 11.4 Å². The van der Waals surface area contributed by atoms with Crippen LogP contribution in [0, 0.1) is 18.4 Å². The zero-order valence-corrected chi connectivity index (χ0v) is 15.5. The maximum Gasteiger partial charge on any atom is 0.336 e. The molecule has 0 spiro atoms. The minimum absolute atomic E-state index is 0.226. The summed E-state index contributed by atoms with van der Waals surface area (Å²) in [6.07, 6.45) is 3.67. The highest BCUT2D eigenvalue weighted by atomic mass is 32.2. The molecule has 3 rings (SSSR count). The first-order valence-corrected chi connectivity index (χ1v) is 9.27. The number of benzene rings is 2. The minimum Gasteiger partial charge on any atom is -0.478 e. The third kappa shape index (κ3) is 4.07. The molecule has 1 heterocycles. The van der Waals surface area contributed by atoms with Gasteiger partial charge in [0.2, 0.25) is 0 Å². The van der Waals surface area contributed by atoms with Crippen LogP contribution in [-0.4, -0.2) is 27.5 Å². The van der Waals surface area contributed by atoms with Gasteiger partial charge >= 0.3 is 5.97 Å². The summed E-state index contributed by atoms with van der Waals surface area (Å²) in [4.78, 5) is 20.6. The molecule has 0 aliphatic rings. The molecule has 0 atom stereocenters. The van der Waals surface area contributed by atoms with Crippen molar-refractivity contribution >= 4 is 39.5 Å². The summed E-state index contributed by atoms with van der Waals surface area (Å²) >= 11 is 1.34. The smallest absolute Gasteiger partial charge is 0.336 e. The first-order valence-electron chi connectivity index (χ1n) is 8.04. The van der Waals surface area contributed by atoms with Crippen molar-refractivity contribution in [2.24, 2.45) is 4.99 Å². The molecule has 1 aromatic heterocycles. The molecule has 2 N–H and O–H groups in total. The van der Waals surface area contributed by atoms with Gasteiger partial charge in [-0.05, 0) is 43.5 Å². The molecule has 2 aromatic carbocycles. The Kier molecular flexibility index (Phi) is 5.38. The van der Waals surface area contributed by atoms with Gasteiger partial charge in [0, 0.05) is 10.9 Å². The number of hydrogen-bond donors (Lipinski definition) is 2. The van der Waals surface area contributed by atoms with E-state index in [0.29, 0.717) is 27.5 Å². The zero-order valence-electron chi connectivity index (χ0n) is 14.7. The predicted molar refractivity (Wildman–Crippen MR) is 108 cm³/mol. The molecule has 0 fully saturated rings. The van der Waals surface area contributed by atoms with Gasteiger partial charge in [-0.3, -0.25) is 5.32 Å². The fourth-order valence-corrected chi connectivity index (χ4v) is 3.01. The molecule has 0 radical (unpaired) electrons. The summed E-state index contributed by atoms with van der Waals surface area (Å²) in [5.41, 5.74) is 3.90. The third-order valence-corrected chi connectivity index (χ3v) is 4.52. The molecule has 0 saturated heterocycles. The number of pyridine rings is 1. The lowest BCUT2D eigenvalue weighted by Gasteiger charge is -2.08. The van der Waals surface area contributed by atoms with Crippen molar-refractivity contribution in [3.05, 3.63) is 59.7 Å². The van der Waals surface area contributed by atoms with Crippen LogP contribution < -0.4 is 5.32 Å². The summed E-state index contributed by atoms with van der Waals surface area (Å²) in [5, 5.41) is 21.9. The third-order valence-electron chi connectivity index (χ3n) is 3.94. The molecule has 134 valence electrons. The normalized spacial score (nSPS) is 11.2. The Balaban J connectivity index is 2.04. The molecule has 0 aliphatic carbocycles. The van der Waals surface area contributed by atoms with Crippen LogP contribution in [0.1, 0.15) is 15.9 Å². The number of fused-ring (bicyclic) bond motifs is 1. The largest absolute Gasteiger partial charge is 0.478 e. The average molecular weight is 376 g/mol. The van der Waals surface area contributed by atoms with E-state index in [9.17, 15) is 9.90 Å². The number of nitriles is 1. The molecular formula is C20H16N4O2S. The second-order valence-electron chi connectivity index (χ2n) is 5.79. The number of aryl methyl sites for hydroxylation is 1. The average Bonchev–Trinajstić information content (AvgIpc) is 2.67. The number of amidine groups is 1. The Labute approximate surface area is 160 Å². The Bertz CT molecular complexity index is 1090. The second kappa shape index (κ2) is 7.89. The number of nitrogens with zero attached hydrogens (tertiary/aromatic N) is 3. The molecule has 0 saturated carbocycles. The zero-order chi connectivity index (χ0) is 19.4. The Hall–Kier alpha value is -3.37. The second-order valence-corrected chi connectivity index (χ2v) is 6.58. The highest BCUT2D eigenvalue weighted by Crippen LogP contribution is 2.27. The lowest BCUT2D eigenvalue weighted by Crippen LogP contribution is -2.12. The van der Waals surface area contributed by atoms with Crippen LogP contribution in [0.25, 0.3) is 22.2 Å². The highest BCUT2D eigenvalue weighted by molar-refractivity contribution is 8.13. The van der Waals surface area contributed by atoms with Crippen LogP contribution >= 0.6 is 11.8 Å². The number of rotatable bonds is 3. The Morgan fingerprint density at radius 1 is 1.22 bits per heavy atom. The van der Waals surface area contributed by atoms with Gasteiger partial charge < -0.3 is 5.11 Å². The number of aromatic carboxylic acids is 1. The topological polar surface area (TPSA) is 98.4 Å². The molecule has 0 bridgehead atoms. The molecule has 0 amide bonds. The number of thioether (sulfide) groups is 1. The number of carbonyl (C=O) groups is 1. The summed E-state index contributed by atoms with van der Waals surface area (Å²) in [5.74, 6) is -0.984. The Morgan fingerprint density at radius 3 is 2.59 bits per heavy atom. The van der Waals surface area contributed by atoms with Crippen LogP contribution in [0.5, 0.6) is 0 Å². The van der Waals surface area contributed by atoms with Crippen molar-refractivity contribution in [1.29, 1.82) is 5.26 Å². The first-order chi connectivity index (χ1) is 13.0. The molecule has 0 aliphatic heterocycles. The molecule has 7 heteroatoms. The summed E-state index contributed by atoms with van der Waals surface area (Å²) < 4.78 is 0. The van der Waals surface area contributed by atoms with Crippen molar-refractivity contribution in [2.75, 3.05) is 6.26 Å². The maximum absolute atomic E-state index is 11.7. The molecule has 27 heavy (non-hydrogen) atoms. The lowest BCUT2D eigenvalue weighted by atomic mass is 10.0. The number of carboxylic acids is 1. The van der Waals surface area contributed by atoms with Crippen LogP contribution in [0.2, 0.25) is 0 Å². The summed E-state index contributed by atoms with van der Waals surface area (Å²) in [7, 11) is 0. The standard InChI is InChI=1S/C20H16N4O2S/c1-12-3-8-17-15(9-12)16(19(25)26)10-18(24-17)13-4-6-14(7-5-13)23-20(27-2)22-11-21/h3-10H,1-2H3,(H,22,23)(H,25,26). The fourth-order valence-electron chi connectivity index (χ4n) is 2.66. The summed E-state index contributed by atoms with van der Waals surface area (Å²) in [6.45, 7) is 1.92. The van der Waals surface area contributed by atoms with Gasteiger partial charge in [0.1, 0.15) is 0 Å². The lowest BCUT2D eigenvalue weighted by molar-refractivity contribution is 0.0699. The van der Waals surface area contributed by atoms with E-state index in [-0.39, 0.29) is 5.56 Å². The van der Waals surface area contributed by atoms with Crippen LogP contribution in [0.3, 0.4) is 0 Å². The monoisotopic (exact) mass is 376 g/mol. The summed E-state index contributed by atoms with van der Waals surface area (Å²) in [6, 6.07) is 14.4. The number of hydrogen-bond acceptors (Lipinski definition) is 5. The van der Waals surface area contributed by atoms with Crippen molar-refractivity contribution in [3.63, 3.8) is 0 Å². The number of nitrogens with one attached hydrogen (secondary N) is 1. The predicted octanol–water partition coefficient (Wildman–Crippen LogP) is 4.33. The fraction of sp³-hybridized carbons (Fsp3) is 0.100. The van der Waals surface area contributed by atoms with E-state index in [4.69, 9.17) is 5.26 Å². The van der Waals surface area contributed by atoms with E-state index in [2.05, 4.69) is 15.3 Å². The van der Waals surface area contributed by atoms with E-state index in [1.807, 2.05) is 49.7 Å². The van der Waals surface area contributed by atoms with Gasteiger partial charge in [-0.1, -0.05) is 35.5 Å². The first kappa shape index (κ1) is 18.4. The van der Waals surface area contributed by atoms with Gasteiger partial charge in [0.05, 0.1) is 22.5 Å². The quantitative estimate of drug-likeness (QED) is 0.305. The van der Waals surface area contributed by atoms with Crippen molar-refractivity contribution in [1.82, 2.24) is 10.3 Å². The van der Waals surface area contributed by atoms with E-state index < -0.39 is 5.97 Å². The van der Waals surface area contributed by atoms with Gasteiger partial charge in [-0.15, -0.1) is 0 Å². The number of aliphatic imine (C=N–C) groups is 1. The Morgan fingerprint density at radius 2 is 1.96 bits per heavy atom. The van der Waals surface area contributed by atoms with Gasteiger partial charge in [-0.2, -0.15) is 5.26 Å². The molecular weight excluding hydrogens is 360 g/mol. The molecule has 3 aromatic rings. The van der Waals surface area contributed by atoms with Crippen LogP contribution in [-0.2, 0) is 0 Å². The molecule has 0 unspecified atom stereocenters. The maximum atomic E-state index is 11.7. The van der Waals surface area contributed by atoms with E-state index in [1.165, 1.54) is 11.8 Å². The van der Waals surface area contributed by atoms with Gasteiger partial charge in [-0.25, -0.2) is 14.8 Å².